The number of imide groups is 1. The van der Waals surface area contributed by atoms with E-state index >= 15 is 0 Å². The number of alkyl carbamates (subject to hydrolysis) is 2. The number of ether oxygens (including phenoxy) is 2. The van der Waals surface area contributed by atoms with Crippen molar-refractivity contribution in [3.05, 3.63) is 95.6 Å². The van der Waals surface area contributed by atoms with Crippen LogP contribution in [0.2, 0.25) is 0 Å². The first-order chi connectivity index (χ1) is 17.4. The highest BCUT2D eigenvalue weighted by Crippen LogP contribution is 2.44. The third-order valence-electron chi connectivity index (χ3n) is 5.78. The molecule has 0 heterocycles. The normalized spacial score (nSPS) is 12.6. The Hall–Kier alpha value is -4.66. The number of carbonyl (C=O) groups is 4. The Bertz CT molecular complexity index is 1230. The number of hydrogen-bond donors (Lipinski definition) is 3. The zero-order valence-electron chi connectivity index (χ0n) is 19.2. The van der Waals surface area contributed by atoms with Crippen LogP contribution in [-0.2, 0) is 25.7 Å². The molecule has 1 aliphatic carbocycles. The lowest BCUT2D eigenvalue weighted by Gasteiger charge is -2.17. The number of hydrogen-bond acceptors (Lipinski definition) is 6. The maximum Gasteiger partial charge on any atom is 0.414 e. The molecule has 1 atom stereocenters. The number of nitrogens with one attached hydrogen (secondary N) is 2. The van der Waals surface area contributed by atoms with E-state index in [4.69, 9.17) is 9.47 Å². The minimum Gasteiger partial charge on any atom is -0.480 e. The minimum absolute atomic E-state index is 0.00971. The molecule has 0 unspecified atom stereocenters. The van der Waals surface area contributed by atoms with Gasteiger partial charge in [-0.05, 0) is 27.8 Å². The van der Waals surface area contributed by atoms with Gasteiger partial charge in [-0.25, -0.2) is 14.4 Å². The average molecular weight is 488 g/mol. The highest BCUT2D eigenvalue weighted by Gasteiger charge is 2.30. The molecule has 184 valence electrons. The van der Waals surface area contributed by atoms with Crippen molar-refractivity contribution >= 4 is 24.1 Å². The van der Waals surface area contributed by atoms with Crippen molar-refractivity contribution in [1.29, 1.82) is 0 Å². The van der Waals surface area contributed by atoms with E-state index in [2.05, 4.69) is 5.32 Å². The molecule has 0 spiro atoms. The molecule has 9 heteroatoms. The Morgan fingerprint density at radius 3 is 1.97 bits per heavy atom. The van der Waals surface area contributed by atoms with Crippen LogP contribution in [-0.4, -0.2) is 41.8 Å². The van der Waals surface area contributed by atoms with Crippen LogP contribution in [0.3, 0.4) is 0 Å². The molecule has 0 bridgehead atoms. The first-order valence-electron chi connectivity index (χ1n) is 11.3. The quantitative estimate of drug-likeness (QED) is 0.439. The van der Waals surface area contributed by atoms with Gasteiger partial charge in [0.15, 0.2) is 0 Å². The van der Waals surface area contributed by atoms with Crippen molar-refractivity contribution in [2.45, 2.75) is 25.0 Å². The lowest BCUT2D eigenvalue weighted by molar-refractivity contribution is -0.141. The fourth-order valence-electron chi connectivity index (χ4n) is 4.09. The number of amides is 3. The lowest BCUT2D eigenvalue weighted by Crippen LogP contribution is -2.45. The molecule has 0 saturated heterocycles. The van der Waals surface area contributed by atoms with E-state index in [1.807, 2.05) is 59.9 Å². The Kier molecular flexibility index (Phi) is 7.60. The molecule has 3 N–H and O–H groups in total. The van der Waals surface area contributed by atoms with Crippen LogP contribution in [0.1, 0.15) is 29.0 Å². The summed E-state index contributed by atoms with van der Waals surface area (Å²) in [5.41, 5.74) is 4.85. The van der Waals surface area contributed by atoms with Crippen molar-refractivity contribution in [3.8, 4) is 11.1 Å². The Balaban J connectivity index is 1.29. The van der Waals surface area contributed by atoms with Gasteiger partial charge in [0.05, 0.1) is 6.42 Å². The molecular formula is C27H24N2O7. The van der Waals surface area contributed by atoms with E-state index in [0.29, 0.717) is 0 Å². The first-order valence-corrected chi connectivity index (χ1v) is 11.3. The van der Waals surface area contributed by atoms with Gasteiger partial charge < -0.3 is 19.9 Å². The minimum atomic E-state index is -1.59. The number of carboxylic acids is 1. The van der Waals surface area contributed by atoms with Crippen LogP contribution >= 0.6 is 0 Å². The van der Waals surface area contributed by atoms with E-state index in [0.717, 1.165) is 27.8 Å². The van der Waals surface area contributed by atoms with E-state index in [-0.39, 0.29) is 19.1 Å². The van der Waals surface area contributed by atoms with Crippen molar-refractivity contribution in [2.75, 3.05) is 6.61 Å². The molecule has 0 saturated carbocycles. The number of carboxylic acid groups (broad SMARTS) is 1. The van der Waals surface area contributed by atoms with Gasteiger partial charge in [-0.1, -0.05) is 78.9 Å². The summed E-state index contributed by atoms with van der Waals surface area (Å²) in [5, 5.41) is 13.6. The predicted octanol–water partition coefficient (Wildman–Crippen LogP) is 3.82. The molecule has 0 fully saturated rings. The summed E-state index contributed by atoms with van der Waals surface area (Å²) >= 11 is 0. The predicted molar refractivity (Wildman–Crippen MR) is 129 cm³/mol. The van der Waals surface area contributed by atoms with Gasteiger partial charge in [0.25, 0.3) is 0 Å². The second kappa shape index (κ2) is 11.2. The van der Waals surface area contributed by atoms with Crippen molar-refractivity contribution < 1.29 is 33.8 Å². The van der Waals surface area contributed by atoms with Crippen LogP contribution < -0.4 is 10.6 Å². The maximum atomic E-state index is 12.4. The number of fused-ring (bicyclic) bond motifs is 3. The summed E-state index contributed by atoms with van der Waals surface area (Å²) in [5.74, 6) is -2.56. The fourth-order valence-corrected chi connectivity index (χ4v) is 4.09. The van der Waals surface area contributed by atoms with Crippen LogP contribution in [0.25, 0.3) is 11.1 Å². The smallest absolute Gasteiger partial charge is 0.414 e. The highest BCUT2D eigenvalue weighted by atomic mass is 16.6. The zero-order valence-corrected chi connectivity index (χ0v) is 19.2. The Labute approximate surface area is 207 Å². The standard InChI is InChI=1S/C27H24N2O7/c30-24(29-27(34)35-15-17-8-2-1-3-9-17)14-23(25(31)32)28-26(33)36-16-22-20-12-6-4-10-18(20)19-11-5-7-13-21(19)22/h1-13,22-23H,14-16H2,(H,28,33)(H,31,32)(H,29,30,34)/t23-/m0/s1. The maximum absolute atomic E-state index is 12.4. The van der Waals surface area contributed by atoms with E-state index in [9.17, 15) is 24.3 Å². The van der Waals surface area contributed by atoms with Crippen LogP contribution in [0.4, 0.5) is 9.59 Å². The molecule has 9 nitrogen and oxygen atoms in total. The summed E-state index contributed by atoms with van der Waals surface area (Å²) in [4.78, 5) is 47.9. The average Bonchev–Trinajstić information content (AvgIpc) is 3.20. The zero-order chi connectivity index (χ0) is 25.5. The summed E-state index contributed by atoms with van der Waals surface area (Å²) in [7, 11) is 0. The van der Waals surface area contributed by atoms with Gasteiger partial charge in [-0.2, -0.15) is 0 Å². The van der Waals surface area contributed by atoms with Crippen LogP contribution in [0, 0.1) is 0 Å². The fraction of sp³-hybridized carbons (Fsp3) is 0.185. The molecule has 3 aromatic rings. The molecule has 3 aromatic carbocycles. The van der Waals surface area contributed by atoms with Gasteiger partial charge in [-0.3, -0.25) is 10.1 Å². The van der Waals surface area contributed by atoms with E-state index < -0.39 is 36.5 Å². The van der Waals surface area contributed by atoms with Crippen molar-refractivity contribution in [3.63, 3.8) is 0 Å². The van der Waals surface area contributed by atoms with Crippen LogP contribution in [0.15, 0.2) is 78.9 Å². The van der Waals surface area contributed by atoms with E-state index in [1.54, 1.807) is 24.3 Å². The summed E-state index contributed by atoms with van der Waals surface area (Å²) in [6.07, 6.45) is -2.68. The second-order valence-corrected chi connectivity index (χ2v) is 8.17. The SMILES string of the molecule is O=C(C[C@H](NC(=O)OCC1c2ccccc2-c2ccccc21)C(=O)O)NC(=O)OCc1ccccc1. The molecular weight excluding hydrogens is 464 g/mol. The van der Waals surface area contributed by atoms with Gasteiger partial charge in [0, 0.05) is 5.92 Å². The van der Waals surface area contributed by atoms with E-state index in [1.165, 1.54) is 0 Å². The molecule has 1 aliphatic rings. The van der Waals surface area contributed by atoms with Gasteiger partial charge in [0.1, 0.15) is 19.3 Å². The summed E-state index contributed by atoms with van der Waals surface area (Å²) in [6.45, 7) is -0.0650. The lowest BCUT2D eigenvalue weighted by atomic mass is 9.98. The Morgan fingerprint density at radius 2 is 1.36 bits per heavy atom. The Morgan fingerprint density at radius 1 is 0.778 bits per heavy atom. The van der Waals surface area contributed by atoms with Crippen molar-refractivity contribution in [2.24, 2.45) is 0 Å². The topological polar surface area (TPSA) is 131 Å². The van der Waals surface area contributed by atoms with Crippen LogP contribution in [0.5, 0.6) is 0 Å². The summed E-state index contributed by atoms with van der Waals surface area (Å²) in [6, 6.07) is 22.8. The molecule has 36 heavy (non-hydrogen) atoms. The molecule has 4 rings (SSSR count). The number of benzene rings is 3. The largest absolute Gasteiger partial charge is 0.480 e. The third-order valence-corrected chi connectivity index (χ3v) is 5.78. The number of aliphatic carboxylic acids is 1. The number of rotatable bonds is 8. The molecule has 3 amide bonds. The summed E-state index contributed by atoms with van der Waals surface area (Å²) < 4.78 is 10.3. The second-order valence-electron chi connectivity index (χ2n) is 8.17. The molecule has 0 aliphatic heterocycles. The van der Waals surface area contributed by atoms with Gasteiger partial charge in [0.2, 0.25) is 5.91 Å². The number of carbonyl (C=O) groups excluding carboxylic acids is 3. The van der Waals surface area contributed by atoms with Crippen molar-refractivity contribution in [1.82, 2.24) is 10.6 Å². The molecule has 0 aromatic heterocycles. The third kappa shape index (κ3) is 5.87. The van der Waals surface area contributed by atoms with Gasteiger partial charge in [-0.15, -0.1) is 0 Å². The monoisotopic (exact) mass is 488 g/mol. The molecule has 0 radical (unpaired) electrons. The van der Waals surface area contributed by atoms with Gasteiger partial charge >= 0.3 is 18.2 Å². The highest BCUT2D eigenvalue weighted by molar-refractivity contribution is 5.95. The first kappa shape index (κ1) is 24.5.